The highest BCUT2D eigenvalue weighted by atomic mass is 14.8. The Balaban J connectivity index is 2.62. The van der Waals surface area contributed by atoms with Gasteiger partial charge >= 0.3 is 0 Å². The molecular weight excluding hydrogens is 184 g/mol. The molecule has 0 saturated heterocycles. The molecule has 0 saturated carbocycles. The SMILES string of the molecule is CCNCc1cccc(C#CCNC)c1. The maximum atomic E-state index is 3.30. The molecule has 1 aromatic rings. The second-order valence-electron chi connectivity index (χ2n) is 3.31. The molecule has 1 rings (SSSR count). The smallest absolute Gasteiger partial charge is 0.0577 e. The van der Waals surface area contributed by atoms with E-state index in [0.29, 0.717) is 0 Å². The van der Waals surface area contributed by atoms with Crippen LogP contribution in [0, 0.1) is 11.8 Å². The lowest BCUT2D eigenvalue weighted by Gasteiger charge is -2.01. The third kappa shape index (κ3) is 4.64. The molecule has 0 aliphatic heterocycles. The van der Waals surface area contributed by atoms with Crippen molar-refractivity contribution in [2.24, 2.45) is 0 Å². The second-order valence-corrected chi connectivity index (χ2v) is 3.31. The molecule has 15 heavy (non-hydrogen) atoms. The summed E-state index contributed by atoms with van der Waals surface area (Å²) in [5.41, 5.74) is 2.37. The predicted octanol–water partition coefficient (Wildman–Crippen LogP) is 1.37. The van der Waals surface area contributed by atoms with Crippen LogP contribution >= 0.6 is 0 Å². The Morgan fingerprint density at radius 1 is 1.33 bits per heavy atom. The monoisotopic (exact) mass is 202 g/mol. The molecule has 0 aromatic heterocycles. The van der Waals surface area contributed by atoms with Gasteiger partial charge in [-0.25, -0.2) is 0 Å². The number of nitrogens with one attached hydrogen (secondary N) is 2. The van der Waals surface area contributed by atoms with Gasteiger partial charge in [0, 0.05) is 12.1 Å². The molecule has 0 bridgehead atoms. The molecule has 0 radical (unpaired) electrons. The highest BCUT2D eigenvalue weighted by molar-refractivity contribution is 5.37. The highest BCUT2D eigenvalue weighted by Gasteiger charge is 1.92. The number of hydrogen-bond acceptors (Lipinski definition) is 2. The molecule has 2 nitrogen and oxygen atoms in total. The summed E-state index contributed by atoms with van der Waals surface area (Å²) in [5, 5.41) is 6.30. The number of hydrogen-bond donors (Lipinski definition) is 2. The van der Waals surface area contributed by atoms with Crippen molar-refractivity contribution in [2.45, 2.75) is 13.5 Å². The first-order valence-corrected chi connectivity index (χ1v) is 5.30. The summed E-state index contributed by atoms with van der Waals surface area (Å²) in [4.78, 5) is 0. The molecule has 0 spiro atoms. The summed E-state index contributed by atoms with van der Waals surface area (Å²) in [6.07, 6.45) is 0. The van der Waals surface area contributed by atoms with Gasteiger partial charge in [0.05, 0.1) is 6.54 Å². The van der Waals surface area contributed by atoms with E-state index in [1.54, 1.807) is 0 Å². The Hall–Kier alpha value is -1.30. The molecule has 2 N–H and O–H groups in total. The summed E-state index contributed by atoms with van der Waals surface area (Å²) in [6.45, 7) is 4.75. The molecule has 0 fully saturated rings. The van der Waals surface area contributed by atoms with Crippen molar-refractivity contribution >= 4 is 0 Å². The lowest BCUT2D eigenvalue weighted by Crippen LogP contribution is -2.11. The van der Waals surface area contributed by atoms with E-state index in [1.807, 2.05) is 13.1 Å². The topological polar surface area (TPSA) is 24.1 Å². The van der Waals surface area contributed by atoms with Gasteiger partial charge in [-0.3, -0.25) is 0 Å². The zero-order chi connectivity index (χ0) is 10.9. The van der Waals surface area contributed by atoms with Crippen molar-refractivity contribution in [2.75, 3.05) is 20.1 Å². The Kier molecular flexibility index (Phi) is 5.54. The summed E-state index contributed by atoms with van der Waals surface area (Å²) in [6, 6.07) is 8.34. The van der Waals surface area contributed by atoms with Gasteiger partial charge in [0.25, 0.3) is 0 Å². The van der Waals surface area contributed by atoms with Gasteiger partial charge in [-0.05, 0) is 31.3 Å². The molecule has 1 aromatic carbocycles. The largest absolute Gasteiger partial charge is 0.313 e. The van der Waals surface area contributed by atoms with Crippen LogP contribution < -0.4 is 10.6 Å². The average molecular weight is 202 g/mol. The molecular formula is C13H18N2. The normalized spacial score (nSPS) is 9.47. The van der Waals surface area contributed by atoms with Gasteiger partial charge in [-0.1, -0.05) is 30.9 Å². The first-order valence-electron chi connectivity index (χ1n) is 5.30. The van der Waals surface area contributed by atoms with E-state index in [-0.39, 0.29) is 0 Å². The minimum Gasteiger partial charge on any atom is -0.313 e. The van der Waals surface area contributed by atoms with Gasteiger partial charge in [-0.2, -0.15) is 0 Å². The number of rotatable bonds is 4. The third-order valence-electron chi connectivity index (χ3n) is 2.00. The Labute approximate surface area is 92.1 Å². The van der Waals surface area contributed by atoms with Crippen LogP contribution in [-0.4, -0.2) is 20.1 Å². The molecule has 80 valence electrons. The maximum absolute atomic E-state index is 3.30. The number of benzene rings is 1. The standard InChI is InChI=1S/C13H18N2/c1-3-15-11-13-7-4-6-12(10-13)8-5-9-14-2/h4,6-7,10,14-15H,3,9,11H2,1-2H3. The van der Waals surface area contributed by atoms with Crippen molar-refractivity contribution in [1.29, 1.82) is 0 Å². The lowest BCUT2D eigenvalue weighted by atomic mass is 10.1. The van der Waals surface area contributed by atoms with E-state index >= 15 is 0 Å². The fourth-order valence-electron chi connectivity index (χ4n) is 1.26. The van der Waals surface area contributed by atoms with Crippen LogP contribution in [0.3, 0.4) is 0 Å². The van der Waals surface area contributed by atoms with Crippen LogP contribution in [0.5, 0.6) is 0 Å². The average Bonchev–Trinajstić information content (AvgIpc) is 2.27. The molecule has 0 atom stereocenters. The van der Waals surface area contributed by atoms with E-state index in [4.69, 9.17) is 0 Å². The maximum Gasteiger partial charge on any atom is 0.0577 e. The van der Waals surface area contributed by atoms with E-state index in [1.165, 1.54) is 5.56 Å². The van der Waals surface area contributed by atoms with Crippen molar-refractivity contribution in [3.63, 3.8) is 0 Å². The van der Waals surface area contributed by atoms with Gasteiger partial charge in [0.2, 0.25) is 0 Å². The van der Waals surface area contributed by atoms with Crippen molar-refractivity contribution in [3.05, 3.63) is 35.4 Å². The van der Waals surface area contributed by atoms with Crippen LogP contribution in [0.4, 0.5) is 0 Å². The van der Waals surface area contributed by atoms with E-state index in [9.17, 15) is 0 Å². The first kappa shape index (κ1) is 11.8. The van der Waals surface area contributed by atoms with E-state index in [2.05, 4.69) is 47.6 Å². The quantitative estimate of drug-likeness (QED) is 0.721. The fourth-order valence-corrected chi connectivity index (χ4v) is 1.26. The fraction of sp³-hybridized carbons (Fsp3) is 0.385. The van der Waals surface area contributed by atoms with Crippen LogP contribution in [0.1, 0.15) is 18.1 Å². The van der Waals surface area contributed by atoms with Crippen LogP contribution in [-0.2, 0) is 6.54 Å². The summed E-state index contributed by atoms with van der Waals surface area (Å²) in [7, 11) is 1.90. The predicted molar refractivity (Wildman–Crippen MR) is 64.6 cm³/mol. The zero-order valence-corrected chi connectivity index (χ0v) is 9.43. The molecule has 0 amide bonds. The molecule has 0 unspecified atom stereocenters. The van der Waals surface area contributed by atoms with Gasteiger partial charge in [-0.15, -0.1) is 0 Å². The highest BCUT2D eigenvalue weighted by Crippen LogP contribution is 2.03. The Morgan fingerprint density at radius 2 is 2.20 bits per heavy atom. The molecule has 0 aliphatic carbocycles. The third-order valence-corrected chi connectivity index (χ3v) is 2.00. The van der Waals surface area contributed by atoms with Crippen LogP contribution in [0.15, 0.2) is 24.3 Å². The molecule has 2 heteroatoms. The van der Waals surface area contributed by atoms with E-state index < -0.39 is 0 Å². The minimum atomic E-state index is 0.734. The van der Waals surface area contributed by atoms with Gasteiger partial charge in [0.15, 0.2) is 0 Å². The van der Waals surface area contributed by atoms with Gasteiger partial charge in [0.1, 0.15) is 0 Å². The zero-order valence-electron chi connectivity index (χ0n) is 9.43. The molecule has 0 heterocycles. The Bertz CT molecular complexity index is 347. The second kappa shape index (κ2) is 7.05. The molecule has 0 aliphatic rings. The van der Waals surface area contributed by atoms with Crippen LogP contribution in [0.2, 0.25) is 0 Å². The summed E-state index contributed by atoms with van der Waals surface area (Å²) in [5.74, 6) is 6.18. The van der Waals surface area contributed by atoms with Crippen molar-refractivity contribution in [1.82, 2.24) is 10.6 Å². The summed E-state index contributed by atoms with van der Waals surface area (Å²) < 4.78 is 0. The summed E-state index contributed by atoms with van der Waals surface area (Å²) >= 11 is 0. The van der Waals surface area contributed by atoms with Crippen molar-refractivity contribution < 1.29 is 0 Å². The van der Waals surface area contributed by atoms with E-state index in [0.717, 1.165) is 25.2 Å². The van der Waals surface area contributed by atoms with Crippen LogP contribution in [0.25, 0.3) is 0 Å². The first-order chi connectivity index (χ1) is 7.36. The Morgan fingerprint density at radius 3 is 2.93 bits per heavy atom. The minimum absolute atomic E-state index is 0.734. The van der Waals surface area contributed by atoms with Crippen molar-refractivity contribution in [3.8, 4) is 11.8 Å². The van der Waals surface area contributed by atoms with Gasteiger partial charge < -0.3 is 10.6 Å². The lowest BCUT2D eigenvalue weighted by molar-refractivity contribution is 0.727.